The Hall–Kier alpha value is -1.62. The number of aliphatic carboxylic acids is 1. The number of ether oxygens (including phenoxy) is 2. The van der Waals surface area contributed by atoms with Crippen molar-refractivity contribution in [2.75, 3.05) is 13.2 Å². The van der Waals surface area contributed by atoms with E-state index in [1.807, 2.05) is 13.8 Å². The van der Waals surface area contributed by atoms with Crippen molar-refractivity contribution < 1.29 is 19.4 Å². The number of nitrogens with zero attached hydrogens (tertiary/aromatic N) is 1. The van der Waals surface area contributed by atoms with Gasteiger partial charge in [0.05, 0.1) is 13.2 Å². The quantitative estimate of drug-likeness (QED) is 0.886. The number of rotatable bonds is 3. The Morgan fingerprint density at radius 2 is 2.06 bits per heavy atom. The lowest BCUT2D eigenvalue weighted by molar-refractivity contribution is -0.177. The van der Waals surface area contributed by atoms with Crippen molar-refractivity contribution in [2.45, 2.75) is 25.9 Å². The van der Waals surface area contributed by atoms with Crippen LogP contribution in [0, 0.1) is 5.41 Å². The Morgan fingerprint density at radius 1 is 1.39 bits per heavy atom. The summed E-state index contributed by atoms with van der Waals surface area (Å²) in [4.78, 5) is 15.4. The van der Waals surface area contributed by atoms with Crippen molar-refractivity contribution in [1.82, 2.24) is 4.98 Å². The first-order valence-electron chi connectivity index (χ1n) is 5.84. The van der Waals surface area contributed by atoms with Gasteiger partial charge in [-0.2, -0.15) is 0 Å². The highest BCUT2D eigenvalue weighted by Gasteiger charge is 2.49. The average Bonchev–Trinajstić information content (AvgIpc) is 2.28. The molecule has 0 radical (unpaired) electrons. The van der Waals surface area contributed by atoms with Gasteiger partial charge >= 0.3 is 5.97 Å². The number of carboxylic acid groups (broad SMARTS) is 1. The Balaban J connectivity index is 2.25. The highest BCUT2D eigenvalue weighted by atomic mass is 16.6. The van der Waals surface area contributed by atoms with Crippen LogP contribution in [0.3, 0.4) is 0 Å². The monoisotopic (exact) mass is 251 g/mol. The number of carbonyl (C=O) groups is 1. The van der Waals surface area contributed by atoms with Crippen LogP contribution >= 0.6 is 0 Å². The van der Waals surface area contributed by atoms with Gasteiger partial charge in [0.25, 0.3) is 0 Å². The third-order valence-corrected chi connectivity index (χ3v) is 2.94. The van der Waals surface area contributed by atoms with Crippen LogP contribution in [0.4, 0.5) is 0 Å². The Morgan fingerprint density at radius 3 is 2.61 bits per heavy atom. The smallest absolute Gasteiger partial charge is 0.350 e. The molecule has 0 amide bonds. The highest BCUT2D eigenvalue weighted by molar-refractivity contribution is 5.78. The molecule has 0 aromatic carbocycles. The van der Waals surface area contributed by atoms with Crippen LogP contribution in [-0.4, -0.2) is 34.9 Å². The molecular formula is C13H17NO4. The molecule has 2 heterocycles. The molecule has 0 aliphatic carbocycles. The summed E-state index contributed by atoms with van der Waals surface area (Å²) < 4.78 is 11.1. The van der Waals surface area contributed by atoms with Crippen LogP contribution in [0.2, 0.25) is 0 Å². The second-order valence-electron chi connectivity index (χ2n) is 5.42. The van der Waals surface area contributed by atoms with Crippen molar-refractivity contribution >= 4 is 5.97 Å². The minimum Gasteiger partial charge on any atom is -0.478 e. The van der Waals surface area contributed by atoms with Gasteiger partial charge in [0, 0.05) is 18.8 Å². The Labute approximate surface area is 106 Å². The van der Waals surface area contributed by atoms with E-state index < -0.39 is 11.6 Å². The number of hydrogen-bond donors (Lipinski definition) is 1. The fraction of sp³-hybridized carbons (Fsp3) is 0.538. The van der Waals surface area contributed by atoms with Gasteiger partial charge in [-0.15, -0.1) is 0 Å². The third-order valence-electron chi connectivity index (χ3n) is 2.94. The molecule has 98 valence electrons. The van der Waals surface area contributed by atoms with Crippen LogP contribution in [0.5, 0.6) is 5.75 Å². The normalized spacial score (nSPS) is 26.6. The Kier molecular flexibility index (Phi) is 3.26. The molecule has 2 rings (SSSR count). The molecule has 18 heavy (non-hydrogen) atoms. The van der Waals surface area contributed by atoms with Crippen LogP contribution < -0.4 is 4.74 Å². The van der Waals surface area contributed by atoms with E-state index in [-0.39, 0.29) is 12.0 Å². The predicted octanol–water partition coefficient (Wildman–Crippen LogP) is 1.73. The average molecular weight is 251 g/mol. The molecule has 1 saturated heterocycles. The largest absolute Gasteiger partial charge is 0.478 e. The van der Waals surface area contributed by atoms with Crippen molar-refractivity contribution in [3.63, 3.8) is 0 Å². The van der Waals surface area contributed by atoms with Gasteiger partial charge in [-0.1, -0.05) is 13.8 Å². The van der Waals surface area contributed by atoms with Gasteiger partial charge < -0.3 is 14.6 Å². The topological polar surface area (TPSA) is 68.7 Å². The first kappa shape index (κ1) is 12.8. The number of aromatic nitrogens is 1. The third kappa shape index (κ3) is 2.61. The zero-order valence-corrected chi connectivity index (χ0v) is 10.5. The van der Waals surface area contributed by atoms with E-state index in [4.69, 9.17) is 9.47 Å². The maximum absolute atomic E-state index is 11.5. The van der Waals surface area contributed by atoms with Crippen LogP contribution in [0.15, 0.2) is 24.5 Å². The molecule has 1 N–H and O–H groups in total. The molecule has 0 spiro atoms. The van der Waals surface area contributed by atoms with E-state index >= 15 is 0 Å². The predicted molar refractivity (Wildman–Crippen MR) is 64.4 cm³/mol. The lowest BCUT2D eigenvalue weighted by Crippen LogP contribution is -2.55. The summed E-state index contributed by atoms with van der Waals surface area (Å²) in [6, 6.07) is 3.29. The van der Waals surface area contributed by atoms with Gasteiger partial charge in [-0.3, -0.25) is 4.98 Å². The van der Waals surface area contributed by atoms with Gasteiger partial charge in [0.2, 0.25) is 5.60 Å². The van der Waals surface area contributed by atoms with Gasteiger partial charge in [0.15, 0.2) is 0 Å². The van der Waals surface area contributed by atoms with Crippen molar-refractivity contribution in [3.8, 4) is 5.75 Å². The van der Waals surface area contributed by atoms with Crippen LogP contribution in [0.1, 0.15) is 20.3 Å². The van der Waals surface area contributed by atoms with E-state index in [1.165, 1.54) is 0 Å². The van der Waals surface area contributed by atoms with E-state index in [1.54, 1.807) is 24.5 Å². The highest BCUT2D eigenvalue weighted by Crippen LogP contribution is 2.36. The van der Waals surface area contributed by atoms with Crippen molar-refractivity contribution in [3.05, 3.63) is 24.5 Å². The van der Waals surface area contributed by atoms with Crippen LogP contribution in [-0.2, 0) is 9.53 Å². The molecule has 1 aliphatic rings. The lowest BCUT2D eigenvalue weighted by Gasteiger charge is -2.41. The molecule has 5 heteroatoms. The second kappa shape index (κ2) is 4.57. The molecule has 0 bridgehead atoms. The molecule has 1 fully saturated rings. The molecule has 1 aromatic rings. The summed E-state index contributed by atoms with van der Waals surface area (Å²) in [6.45, 7) is 4.55. The fourth-order valence-electron chi connectivity index (χ4n) is 2.25. The van der Waals surface area contributed by atoms with E-state index in [0.29, 0.717) is 18.8 Å². The van der Waals surface area contributed by atoms with Gasteiger partial charge in [-0.05, 0) is 17.5 Å². The minimum absolute atomic E-state index is 0.0636. The summed E-state index contributed by atoms with van der Waals surface area (Å²) in [5.41, 5.74) is -1.53. The number of hydrogen-bond acceptors (Lipinski definition) is 4. The SMILES string of the molecule is CC1(C)COCC(Oc2ccncc2)(C(=O)O)C1. The molecular weight excluding hydrogens is 234 g/mol. The first-order valence-corrected chi connectivity index (χ1v) is 5.84. The molecule has 1 atom stereocenters. The van der Waals surface area contributed by atoms with E-state index in [2.05, 4.69) is 4.98 Å². The summed E-state index contributed by atoms with van der Waals surface area (Å²) in [6.07, 6.45) is 3.55. The fourth-order valence-corrected chi connectivity index (χ4v) is 2.25. The van der Waals surface area contributed by atoms with Crippen molar-refractivity contribution in [1.29, 1.82) is 0 Å². The minimum atomic E-state index is -1.32. The lowest BCUT2D eigenvalue weighted by atomic mass is 9.79. The van der Waals surface area contributed by atoms with E-state index in [0.717, 1.165) is 0 Å². The Bertz CT molecular complexity index is 432. The zero-order chi connectivity index (χ0) is 13.2. The molecule has 1 aromatic heterocycles. The molecule has 5 nitrogen and oxygen atoms in total. The standard InChI is InChI=1S/C13H17NO4/c1-12(2)7-13(11(15)16,9-17-8-12)18-10-3-5-14-6-4-10/h3-6H,7-9H2,1-2H3,(H,15,16). The number of pyridine rings is 1. The second-order valence-corrected chi connectivity index (χ2v) is 5.42. The maximum atomic E-state index is 11.5. The maximum Gasteiger partial charge on any atom is 0.350 e. The van der Waals surface area contributed by atoms with Crippen molar-refractivity contribution in [2.24, 2.45) is 5.41 Å². The molecule has 0 saturated carbocycles. The first-order chi connectivity index (χ1) is 8.44. The van der Waals surface area contributed by atoms with E-state index in [9.17, 15) is 9.90 Å². The summed E-state index contributed by atoms with van der Waals surface area (Å²) in [5, 5.41) is 9.46. The summed E-state index contributed by atoms with van der Waals surface area (Å²) >= 11 is 0. The zero-order valence-electron chi connectivity index (χ0n) is 10.5. The van der Waals surface area contributed by atoms with Crippen LogP contribution in [0.25, 0.3) is 0 Å². The van der Waals surface area contributed by atoms with Gasteiger partial charge in [-0.25, -0.2) is 4.79 Å². The molecule has 1 unspecified atom stereocenters. The summed E-state index contributed by atoms with van der Waals surface area (Å²) in [7, 11) is 0. The van der Waals surface area contributed by atoms with Gasteiger partial charge in [0.1, 0.15) is 5.75 Å². The number of carboxylic acids is 1. The summed E-state index contributed by atoms with van der Waals surface area (Å²) in [5.74, 6) is -0.499. The molecule has 1 aliphatic heterocycles.